The molecule has 1 aromatic carbocycles. The lowest BCUT2D eigenvalue weighted by molar-refractivity contribution is -0.154. The van der Waals surface area contributed by atoms with Gasteiger partial charge in [0.1, 0.15) is 11.1 Å². The third-order valence-electron chi connectivity index (χ3n) is 4.82. The molecule has 3 amide bonds. The van der Waals surface area contributed by atoms with Crippen LogP contribution in [0.4, 0.5) is 0 Å². The Morgan fingerprint density at radius 2 is 1.83 bits per heavy atom. The summed E-state index contributed by atoms with van der Waals surface area (Å²) in [6.45, 7) is 4.55. The Kier molecular flexibility index (Phi) is 3.83. The average molecular weight is 330 g/mol. The first kappa shape index (κ1) is 16.4. The number of nitrogens with zero attached hydrogens (tertiary/aromatic N) is 2. The second-order valence-electron chi connectivity index (χ2n) is 7.00. The SMILES string of the molecule is CN1CNC(=O)C12CN(C(=O)C(C)(C)NC(=O)c1ccccc1)C2. The third-order valence-corrected chi connectivity index (χ3v) is 4.82. The molecule has 2 aliphatic rings. The van der Waals surface area contributed by atoms with Gasteiger partial charge in [-0.25, -0.2) is 0 Å². The smallest absolute Gasteiger partial charge is 0.252 e. The lowest BCUT2D eigenvalue weighted by atomic mass is 9.86. The van der Waals surface area contributed by atoms with Gasteiger partial charge in [0.15, 0.2) is 0 Å². The molecule has 0 unspecified atom stereocenters. The third kappa shape index (κ3) is 2.54. The Morgan fingerprint density at radius 3 is 2.38 bits per heavy atom. The maximum Gasteiger partial charge on any atom is 0.252 e. The van der Waals surface area contributed by atoms with Crippen LogP contribution in [0.3, 0.4) is 0 Å². The van der Waals surface area contributed by atoms with Crippen molar-refractivity contribution in [3.05, 3.63) is 35.9 Å². The van der Waals surface area contributed by atoms with Crippen LogP contribution in [-0.2, 0) is 9.59 Å². The Morgan fingerprint density at radius 1 is 1.21 bits per heavy atom. The summed E-state index contributed by atoms with van der Waals surface area (Å²) >= 11 is 0. The van der Waals surface area contributed by atoms with Gasteiger partial charge in [-0.1, -0.05) is 18.2 Å². The molecule has 0 bridgehead atoms. The number of rotatable bonds is 3. The maximum absolute atomic E-state index is 12.7. The Bertz CT molecular complexity index is 680. The second-order valence-corrected chi connectivity index (χ2v) is 7.00. The number of amides is 3. The first-order valence-corrected chi connectivity index (χ1v) is 7.93. The number of benzene rings is 1. The van der Waals surface area contributed by atoms with Crippen molar-refractivity contribution in [3.63, 3.8) is 0 Å². The molecule has 3 rings (SSSR count). The lowest BCUT2D eigenvalue weighted by Crippen LogP contribution is -2.74. The molecule has 1 aromatic rings. The molecular weight excluding hydrogens is 308 g/mol. The molecule has 2 aliphatic heterocycles. The molecule has 0 atom stereocenters. The van der Waals surface area contributed by atoms with Crippen LogP contribution in [0, 0.1) is 0 Å². The van der Waals surface area contributed by atoms with Gasteiger partial charge in [-0.2, -0.15) is 0 Å². The van der Waals surface area contributed by atoms with Gasteiger partial charge < -0.3 is 15.5 Å². The van der Waals surface area contributed by atoms with Crippen molar-refractivity contribution < 1.29 is 14.4 Å². The number of nitrogens with one attached hydrogen (secondary N) is 2. The Balaban J connectivity index is 1.65. The molecule has 0 saturated carbocycles. The van der Waals surface area contributed by atoms with Gasteiger partial charge in [0, 0.05) is 5.56 Å². The van der Waals surface area contributed by atoms with Crippen LogP contribution in [-0.4, -0.2) is 65.4 Å². The first-order chi connectivity index (χ1) is 11.3. The van der Waals surface area contributed by atoms with E-state index in [1.54, 1.807) is 43.0 Å². The topological polar surface area (TPSA) is 81.8 Å². The fourth-order valence-electron chi connectivity index (χ4n) is 3.19. The summed E-state index contributed by atoms with van der Waals surface area (Å²) in [5, 5.41) is 5.57. The van der Waals surface area contributed by atoms with Crippen LogP contribution >= 0.6 is 0 Å². The van der Waals surface area contributed by atoms with Gasteiger partial charge in [0.2, 0.25) is 11.8 Å². The van der Waals surface area contributed by atoms with E-state index in [9.17, 15) is 14.4 Å². The van der Waals surface area contributed by atoms with E-state index in [1.165, 1.54) is 0 Å². The molecular formula is C17H22N4O3. The number of hydrogen-bond acceptors (Lipinski definition) is 4. The van der Waals surface area contributed by atoms with Crippen molar-refractivity contribution in [2.75, 3.05) is 26.8 Å². The van der Waals surface area contributed by atoms with E-state index in [4.69, 9.17) is 0 Å². The minimum Gasteiger partial charge on any atom is -0.342 e. The number of hydrogen-bond donors (Lipinski definition) is 2. The predicted octanol–water partition coefficient (Wildman–Crippen LogP) is -0.205. The highest BCUT2D eigenvalue weighted by molar-refractivity contribution is 6.00. The van der Waals surface area contributed by atoms with Crippen LogP contribution in [0.2, 0.25) is 0 Å². The van der Waals surface area contributed by atoms with Crippen molar-refractivity contribution in [2.45, 2.75) is 24.9 Å². The van der Waals surface area contributed by atoms with Gasteiger partial charge in [-0.05, 0) is 33.0 Å². The highest BCUT2D eigenvalue weighted by Gasteiger charge is 2.58. The zero-order valence-corrected chi connectivity index (χ0v) is 14.1. The minimum atomic E-state index is -1.04. The fraction of sp³-hybridized carbons (Fsp3) is 0.471. The van der Waals surface area contributed by atoms with Crippen molar-refractivity contribution in [1.82, 2.24) is 20.4 Å². The van der Waals surface area contributed by atoms with Gasteiger partial charge >= 0.3 is 0 Å². The predicted molar refractivity (Wildman–Crippen MR) is 88.1 cm³/mol. The van der Waals surface area contributed by atoms with E-state index in [-0.39, 0.29) is 17.7 Å². The van der Waals surface area contributed by atoms with E-state index >= 15 is 0 Å². The number of likely N-dealkylation sites (N-methyl/N-ethyl adjacent to an activating group) is 1. The number of likely N-dealkylation sites (tertiary alicyclic amines) is 1. The molecule has 0 aliphatic carbocycles. The van der Waals surface area contributed by atoms with Gasteiger partial charge in [-0.15, -0.1) is 0 Å². The molecule has 2 fully saturated rings. The quantitative estimate of drug-likeness (QED) is 0.804. The summed E-state index contributed by atoms with van der Waals surface area (Å²) < 4.78 is 0. The summed E-state index contributed by atoms with van der Waals surface area (Å²) in [7, 11) is 1.86. The largest absolute Gasteiger partial charge is 0.342 e. The molecule has 2 saturated heterocycles. The van der Waals surface area contributed by atoms with Crippen molar-refractivity contribution in [1.29, 1.82) is 0 Å². The molecule has 1 spiro atoms. The van der Waals surface area contributed by atoms with E-state index in [0.717, 1.165) is 0 Å². The van der Waals surface area contributed by atoms with Crippen molar-refractivity contribution in [3.8, 4) is 0 Å². The van der Waals surface area contributed by atoms with Crippen molar-refractivity contribution >= 4 is 17.7 Å². The van der Waals surface area contributed by atoms with E-state index in [1.807, 2.05) is 18.0 Å². The van der Waals surface area contributed by atoms with Crippen LogP contribution in [0.15, 0.2) is 30.3 Å². The summed E-state index contributed by atoms with van der Waals surface area (Å²) in [6.07, 6.45) is 0. The highest BCUT2D eigenvalue weighted by atomic mass is 16.2. The normalized spacial score (nSPS) is 19.8. The molecule has 0 aromatic heterocycles. The molecule has 24 heavy (non-hydrogen) atoms. The lowest BCUT2D eigenvalue weighted by Gasteiger charge is -2.51. The van der Waals surface area contributed by atoms with Crippen molar-refractivity contribution in [2.24, 2.45) is 0 Å². The minimum absolute atomic E-state index is 0.0415. The zero-order valence-electron chi connectivity index (χ0n) is 14.1. The van der Waals surface area contributed by atoms with Gasteiger partial charge in [0.25, 0.3) is 5.91 Å². The van der Waals surface area contributed by atoms with Crippen LogP contribution in [0.1, 0.15) is 24.2 Å². The molecule has 0 radical (unpaired) electrons. The Hall–Kier alpha value is -2.41. The molecule has 2 heterocycles. The molecule has 128 valence electrons. The monoisotopic (exact) mass is 330 g/mol. The first-order valence-electron chi connectivity index (χ1n) is 7.93. The van der Waals surface area contributed by atoms with E-state index in [2.05, 4.69) is 10.6 Å². The van der Waals surface area contributed by atoms with Gasteiger partial charge in [-0.3, -0.25) is 19.3 Å². The highest BCUT2D eigenvalue weighted by Crippen LogP contribution is 2.31. The molecule has 2 N–H and O–H groups in total. The number of carbonyl (C=O) groups is 3. The van der Waals surface area contributed by atoms with Crippen LogP contribution in [0.5, 0.6) is 0 Å². The summed E-state index contributed by atoms with van der Waals surface area (Å²) in [4.78, 5) is 40.6. The van der Waals surface area contributed by atoms with Crippen LogP contribution in [0.25, 0.3) is 0 Å². The standard InChI is InChI=1S/C17H22N4O3/c1-16(2,19-13(22)12-7-5-4-6-8-12)15(24)21-9-17(10-21)14(23)18-11-20(17)3/h4-8H,9-11H2,1-3H3,(H,18,23)(H,19,22). The Labute approximate surface area is 141 Å². The summed E-state index contributed by atoms with van der Waals surface area (Å²) in [6, 6.07) is 8.78. The summed E-state index contributed by atoms with van der Waals surface area (Å²) in [5.41, 5.74) is -1.15. The van der Waals surface area contributed by atoms with E-state index < -0.39 is 11.1 Å². The second kappa shape index (κ2) is 5.59. The number of carbonyl (C=O) groups excluding carboxylic acids is 3. The molecule has 7 nitrogen and oxygen atoms in total. The van der Waals surface area contributed by atoms with Gasteiger partial charge in [0.05, 0.1) is 19.8 Å². The zero-order chi connectivity index (χ0) is 17.5. The fourth-order valence-corrected chi connectivity index (χ4v) is 3.19. The summed E-state index contributed by atoms with van der Waals surface area (Å²) in [5.74, 6) is -0.523. The maximum atomic E-state index is 12.7. The van der Waals surface area contributed by atoms with E-state index in [0.29, 0.717) is 25.3 Å². The average Bonchev–Trinajstić information content (AvgIpc) is 2.81. The molecule has 7 heteroatoms. The van der Waals surface area contributed by atoms with Crippen LogP contribution < -0.4 is 10.6 Å².